The lowest BCUT2D eigenvalue weighted by atomic mass is 9.97. The number of hydrogen-bond donors (Lipinski definition) is 3. The molecule has 1 aromatic heterocycles. The Morgan fingerprint density at radius 2 is 1.77 bits per heavy atom. The van der Waals surface area contributed by atoms with Crippen LogP contribution in [0.25, 0.3) is 10.8 Å². The molecule has 2 amide bonds. The second kappa shape index (κ2) is 17.6. The molecule has 47 heavy (non-hydrogen) atoms. The van der Waals surface area contributed by atoms with Crippen molar-refractivity contribution in [2.45, 2.75) is 58.3 Å². The van der Waals surface area contributed by atoms with Crippen molar-refractivity contribution >= 4 is 40.3 Å². The number of benzene rings is 3. The maximum Gasteiger partial charge on any atom is 0.326 e. The monoisotopic (exact) mass is 661 g/mol. The Bertz CT molecular complexity index is 1620. The Morgan fingerprint density at radius 1 is 1.02 bits per heavy atom. The van der Waals surface area contributed by atoms with Gasteiger partial charge in [0.2, 0.25) is 11.8 Å². The standard InChI is InChI=1S/C36H44FN5O4S/c1-4-25(2)33(40-34(43)18-30-19-38-24-42(30)20-26-12-14-29(37)15-13-26)22-41(23-35(44)39-32(36(45)46)16-17-47-3)21-28-10-7-9-27-8-5-6-11-31(27)28/h5-15,19,24-25,32-33H,4,16-18,20-23H2,1-3H3,(H,39,44)(H,40,43)(H,45,46)/t25-,32-,33+/m0/s1. The summed E-state index contributed by atoms with van der Waals surface area (Å²) in [6.07, 6.45) is 6.45. The fraction of sp³-hybridized carbons (Fsp3) is 0.389. The molecule has 0 aliphatic rings. The van der Waals surface area contributed by atoms with Crippen molar-refractivity contribution < 1.29 is 23.9 Å². The molecule has 11 heteroatoms. The molecule has 0 aliphatic heterocycles. The summed E-state index contributed by atoms with van der Waals surface area (Å²) in [5, 5.41) is 17.8. The van der Waals surface area contributed by atoms with Gasteiger partial charge in [0, 0.05) is 37.6 Å². The predicted molar refractivity (Wildman–Crippen MR) is 185 cm³/mol. The molecule has 0 unspecified atom stereocenters. The molecule has 4 rings (SSSR count). The average Bonchev–Trinajstić information content (AvgIpc) is 3.49. The molecule has 0 saturated heterocycles. The first-order chi connectivity index (χ1) is 22.7. The molecule has 250 valence electrons. The molecule has 0 spiro atoms. The van der Waals surface area contributed by atoms with Crippen LogP contribution in [0.5, 0.6) is 0 Å². The topological polar surface area (TPSA) is 117 Å². The number of nitrogens with zero attached hydrogens (tertiary/aromatic N) is 3. The van der Waals surface area contributed by atoms with Crippen LogP contribution in [-0.4, -0.2) is 74.5 Å². The van der Waals surface area contributed by atoms with Crippen LogP contribution in [0.4, 0.5) is 4.39 Å². The number of fused-ring (bicyclic) bond motifs is 1. The van der Waals surface area contributed by atoms with Crippen LogP contribution < -0.4 is 10.6 Å². The summed E-state index contributed by atoms with van der Waals surface area (Å²) in [6.45, 7) is 5.38. The predicted octanol–water partition coefficient (Wildman–Crippen LogP) is 5.12. The van der Waals surface area contributed by atoms with E-state index in [9.17, 15) is 23.9 Å². The van der Waals surface area contributed by atoms with Crippen molar-refractivity contribution in [3.63, 3.8) is 0 Å². The molecule has 0 bridgehead atoms. The second-order valence-corrected chi connectivity index (χ2v) is 12.9. The van der Waals surface area contributed by atoms with Crippen LogP contribution in [0.2, 0.25) is 0 Å². The minimum Gasteiger partial charge on any atom is -0.480 e. The zero-order valence-electron chi connectivity index (χ0n) is 27.2. The van der Waals surface area contributed by atoms with Crippen LogP contribution in [0.15, 0.2) is 79.3 Å². The Morgan fingerprint density at radius 3 is 2.49 bits per heavy atom. The highest BCUT2D eigenvalue weighted by molar-refractivity contribution is 7.98. The van der Waals surface area contributed by atoms with Gasteiger partial charge in [0.1, 0.15) is 11.9 Å². The summed E-state index contributed by atoms with van der Waals surface area (Å²) in [4.78, 5) is 44.9. The third-order valence-electron chi connectivity index (χ3n) is 8.42. The van der Waals surface area contributed by atoms with Gasteiger partial charge >= 0.3 is 5.97 Å². The number of aliphatic carboxylic acids is 1. The highest BCUT2D eigenvalue weighted by atomic mass is 32.2. The molecule has 9 nitrogen and oxygen atoms in total. The highest BCUT2D eigenvalue weighted by Gasteiger charge is 2.26. The first-order valence-electron chi connectivity index (χ1n) is 15.9. The van der Waals surface area contributed by atoms with E-state index >= 15 is 0 Å². The molecule has 0 aliphatic carbocycles. The molecular formula is C36H44FN5O4S. The Kier molecular flexibility index (Phi) is 13.4. The molecule has 0 radical (unpaired) electrons. The third-order valence-corrected chi connectivity index (χ3v) is 9.07. The van der Waals surface area contributed by atoms with Crippen molar-refractivity contribution in [3.05, 3.63) is 102 Å². The summed E-state index contributed by atoms with van der Waals surface area (Å²) in [7, 11) is 0. The van der Waals surface area contributed by atoms with E-state index in [1.54, 1.807) is 24.7 Å². The maximum absolute atomic E-state index is 13.5. The van der Waals surface area contributed by atoms with E-state index < -0.39 is 12.0 Å². The maximum atomic E-state index is 13.5. The van der Waals surface area contributed by atoms with E-state index in [-0.39, 0.29) is 42.6 Å². The second-order valence-electron chi connectivity index (χ2n) is 11.9. The number of carboxylic acid groups (broad SMARTS) is 1. The van der Waals surface area contributed by atoms with Crippen molar-refractivity contribution in [1.29, 1.82) is 0 Å². The first kappa shape index (κ1) is 35.6. The molecule has 4 aromatic rings. The fourth-order valence-corrected chi connectivity index (χ4v) is 6.04. The molecular weight excluding hydrogens is 617 g/mol. The molecule has 0 fully saturated rings. The van der Waals surface area contributed by atoms with Gasteiger partial charge in [-0.3, -0.25) is 14.5 Å². The number of nitrogens with one attached hydrogen (secondary N) is 2. The summed E-state index contributed by atoms with van der Waals surface area (Å²) in [5.74, 6) is -1.21. The largest absolute Gasteiger partial charge is 0.480 e. The normalized spacial score (nSPS) is 13.3. The third kappa shape index (κ3) is 10.7. The summed E-state index contributed by atoms with van der Waals surface area (Å²) >= 11 is 1.53. The first-order valence-corrected chi connectivity index (χ1v) is 17.3. The number of thioether (sulfide) groups is 1. The summed E-state index contributed by atoms with van der Waals surface area (Å²) < 4.78 is 15.3. The van der Waals surface area contributed by atoms with E-state index in [1.807, 2.05) is 52.1 Å². The number of carbonyl (C=O) groups excluding carboxylic acids is 2. The van der Waals surface area contributed by atoms with E-state index in [0.717, 1.165) is 34.0 Å². The van der Waals surface area contributed by atoms with Crippen molar-refractivity contribution in [3.8, 4) is 0 Å². The quantitative estimate of drug-likeness (QED) is 0.136. The van der Waals surface area contributed by atoms with Gasteiger partial charge in [-0.25, -0.2) is 14.2 Å². The number of aromatic nitrogens is 2. The van der Waals surface area contributed by atoms with Gasteiger partial charge in [-0.15, -0.1) is 0 Å². The Labute approximate surface area is 279 Å². The van der Waals surface area contributed by atoms with Crippen LogP contribution in [0, 0.1) is 11.7 Å². The van der Waals surface area contributed by atoms with Crippen molar-refractivity contribution in [2.75, 3.05) is 25.1 Å². The molecule has 3 aromatic carbocycles. The number of carboxylic acids is 1. The SMILES string of the molecule is CC[C@H](C)[C@@H](CN(CC(=O)N[C@@H](CCSC)C(=O)O)Cc1cccc2ccccc12)NC(=O)Cc1cncn1Cc1ccc(F)cc1. The molecule has 0 saturated carbocycles. The molecule has 1 heterocycles. The molecule has 3 atom stereocenters. The number of amides is 2. The van der Waals surface area contributed by atoms with Crippen LogP contribution in [0.1, 0.15) is 43.5 Å². The fourth-order valence-electron chi connectivity index (χ4n) is 5.57. The van der Waals surface area contributed by atoms with E-state index in [4.69, 9.17) is 0 Å². The number of rotatable bonds is 18. The lowest BCUT2D eigenvalue weighted by Crippen LogP contribution is -2.51. The number of imidazole rings is 1. The Balaban J connectivity index is 1.52. The number of carbonyl (C=O) groups is 3. The van der Waals surface area contributed by atoms with Gasteiger partial charge in [-0.2, -0.15) is 11.8 Å². The van der Waals surface area contributed by atoms with Gasteiger partial charge in [0.05, 0.1) is 19.3 Å². The highest BCUT2D eigenvalue weighted by Crippen LogP contribution is 2.21. The average molecular weight is 662 g/mol. The molecule has 3 N–H and O–H groups in total. The van der Waals surface area contributed by atoms with E-state index in [2.05, 4.69) is 35.5 Å². The van der Waals surface area contributed by atoms with Crippen LogP contribution in [-0.2, 0) is 33.9 Å². The lowest BCUT2D eigenvalue weighted by molar-refractivity contribution is -0.142. The zero-order valence-corrected chi connectivity index (χ0v) is 28.0. The summed E-state index contributed by atoms with van der Waals surface area (Å²) in [6, 6.07) is 19.1. The van der Waals surface area contributed by atoms with E-state index in [1.165, 1.54) is 23.9 Å². The van der Waals surface area contributed by atoms with Gasteiger partial charge in [-0.1, -0.05) is 74.9 Å². The minimum absolute atomic E-state index is 0.0283. The zero-order chi connectivity index (χ0) is 33.8. The Hall–Kier alpha value is -4.22. The summed E-state index contributed by atoms with van der Waals surface area (Å²) in [5.41, 5.74) is 2.66. The number of halogens is 1. The van der Waals surface area contributed by atoms with Crippen LogP contribution in [0.3, 0.4) is 0 Å². The smallest absolute Gasteiger partial charge is 0.326 e. The van der Waals surface area contributed by atoms with E-state index in [0.29, 0.717) is 31.8 Å². The van der Waals surface area contributed by atoms with Gasteiger partial charge < -0.3 is 20.3 Å². The van der Waals surface area contributed by atoms with Crippen LogP contribution >= 0.6 is 11.8 Å². The van der Waals surface area contributed by atoms with Gasteiger partial charge in [-0.05, 0) is 58.4 Å². The number of hydrogen-bond acceptors (Lipinski definition) is 6. The van der Waals surface area contributed by atoms with Gasteiger partial charge in [0.15, 0.2) is 0 Å². The van der Waals surface area contributed by atoms with Crippen molar-refractivity contribution in [2.24, 2.45) is 5.92 Å². The van der Waals surface area contributed by atoms with Crippen molar-refractivity contribution in [1.82, 2.24) is 25.1 Å². The lowest BCUT2D eigenvalue weighted by Gasteiger charge is -2.31. The minimum atomic E-state index is -1.06. The van der Waals surface area contributed by atoms with Gasteiger partial charge in [0.25, 0.3) is 0 Å².